The molecule has 0 saturated heterocycles. The van der Waals surface area contributed by atoms with E-state index in [0.717, 1.165) is 5.56 Å². The van der Waals surface area contributed by atoms with Crippen molar-refractivity contribution in [2.45, 2.75) is 6.92 Å². The normalized spacial score (nSPS) is 10.7. The topological polar surface area (TPSA) is 99.0 Å². The Hall–Kier alpha value is -3.81. The molecule has 136 valence electrons. The van der Waals surface area contributed by atoms with Crippen LogP contribution in [-0.2, 0) is 9.53 Å². The number of carbonyl (C=O) groups excluding carboxylic acids is 2. The second-order valence-electron chi connectivity index (χ2n) is 5.47. The zero-order chi connectivity index (χ0) is 19.1. The predicted molar refractivity (Wildman–Crippen MR) is 99.2 cm³/mol. The van der Waals surface area contributed by atoms with Gasteiger partial charge in [-0.15, -0.1) is 5.10 Å². The number of nitrogens with one attached hydrogen (secondary N) is 1. The van der Waals surface area contributed by atoms with E-state index in [1.807, 2.05) is 0 Å². The average Bonchev–Trinajstić information content (AvgIpc) is 3.23. The zero-order valence-electron chi connectivity index (χ0n) is 14.6. The molecular weight excluding hydrogens is 346 g/mol. The molecule has 3 rings (SSSR count). The van der Waals surface area contributed by atoms with Crippen LogP contribution in [-0.4, -0.2) is 38.7 Å². The van der Waals surface area contributed by atoms with Gasteiger partial charge >= 0.3 is 5.97 Å². The van der Waals surface area contributed by atoms with Crippen molar-refractivity contribution in [2.75, 3.05) is 11.9 Å². The summed E-state index contributed by atoms with van der Waals surface area (Å²) in [6.45, 7) is 2.09. The summed E-state index contributed by atoms with van der Waals surface area (Å²) in [5.74, 6) is -0.642. The summed E-state index contributed by atoms with van der Waals surface area (Å²) in [5, 5.41) is 13.8. The van der Waals surface area contributed by atoms with E-state index < -0.39 is 5.97 Å². The lowest BCUT2D eigenvalue weighted by atomic mass is 10.1. The molecule has 1 amide bonds. The Labute approximate surface area is 155 Å². The number of tetrazole rings is 1. The van der Waals surface area contributed by atoms with Crippen LogP contribution in [0.25, 0.3) is 11.8 Å². The molecule has 1 aromatic heterocycles. The standard InChI is InChI=1S/C19H17N5O3/c1-2-27-18(25)11-8-14-6-9-16(10-7-14)21-19(26)15-4-3-5-17(12-15)24-13-20-22-23-24/h3-13H,2H2,1H3,(H,21,26)/b11-8+. The number of aromatic nitrogens is 4. The molecular formula is C19H17N5O3. The van der Waals surface area contributed by atoms with Crippen molar-refractivity contribution < 1.29 is 14.3 Å². The molecule has 0 unspecified atom stereocenters. The number of carbonyl (C=O) groups is 2. The maximum Gasteiger partial charge on any atom is 0.330 e. The van der Waals surface area contributed by atoms with Crippen LogP contribution in [0.1, 0.15) is 22.8 Å². The first-order chi connectivity index (χ1) is 13.2. The zero-order valence-corrected chi connectivity index (χ0v) is 14.6. The number of anilines is 1. The second-order valence-corrected chi connectivity index (χ2v) is 5.47. The van der Waals surface area contributed by atoms with Crippen LogP contribution < -0.4 is 5.32 Å². The van der Waals surface area contributed by atoms with Gasteiger partial charge in [-0.05, 0) is 59.3 Å². The van der Waals surface area contributed by atoms with Crippen LogP contribution in [0.3, 0.4) is 0 Å². The first kappa shape index (κ1) is 18.0. The number of nitrogens with zero attached hydrogens (tertiary/aromatic N) is 4. The molecule has 0 aliphatic rings. The highest BCUT2D eigenvalue weighted by atomic mass is 16.5. The second kappa shape index (κ2) is 8.52. The van der Waals surface area contributed by atoms with Gasteiger partial charge in [0, 0.05) is 17.3 Å². The molecule has 0 atom stereocenters. The van der Waals surface area contributed by atoms with Gasteiger partial charge in [-0.2, -0.15) is 0 Å². The van der Waals surface area contributed by atoms with Crippen molar-refractivity contribution in [3.05, 3.63) is 72.1 Å². The molecule has 2 aromatic carbocycles. The van der Waals surface area contributed by atoms with Gasteiger partial charge in [0.2, 0.25) is 0 Å². The van der Waals surface area contributed by atoms with Crippen molar-refractivity contribution in [1.29, 1.82) is 0 Å². The lowest BCUT2D eigenvalue weighted by Gasteiger charge is -2.07. The van der Waals surface area contributed by atoms with Gasteiger partial charge in [-0.25, -0.2) is 9.48 Å². The first-order valence-electron chi connectivity index (χ1n) is 8.25. The van der Waals surface area contributed by atoms with Gasteiger partial charge < -0.3 is 10.1 Å². The fourth-order valence-corrected chi connectivity index (χ4v) is 2.30. The number of esters is 1. The smallest absolute Gasteiger partial charge is 0.330 e. The molecule has 1 heterocycles. The maximum absolute atomic E-state index is 12.5. The SMILES string of the molecule is CCOC(=O)/C=C/c1ccc(NC(=O)c2cccc(-n3cnnn3)c2)cc1. The molecule has 0 aliphatic heterocycles. The van der Waals surface area contributed by atoms with Crippen molar-refractivity contribution in [3.63, 3.8) is 0 Å². The minimum atomic E-state index is -0.391. The predicted octanol–water partition coefficient (Wildman–Crippen LogP) is 2.49. The van der Waals surface area contributed by atoms with Gasteiger partial charge in [0.15, 0.2) is 0 Å². The molecule has 3 aromatic rings. The number of amides is 1. The fourth-order valence-electron chi connectivity index (χ4n) is 2.30. The van der Waals surface area contributed by atoms with Gasteiger partial charge in [-0.1, -0.05) is 18.2 Å². The molecule has 1 N–H and O–H groups in total. The molecule has 0 bridgehead atoms. The summed E-state index contributed by atoms with van der Waals surface area (Å²) in [7, 11) is 0. The third-order valence-corrected chi connectivity index (χ3v) is 3.59. The summed E-state index contributed by atoms with van der Waals surface area (Å²) in [6.07, 6.45) is 4.47. The summed E-state index contributed by atoms with van der Waals surface area (Å²) in [6, 6.07) is 14.1. The van der Waals surface area contributed by atoms with Gasteiger partial charge in [0.05, 0.1) is 12.3 Å². The van der Waals surface area contributed by atoms with E-state index >= 15 is 0 Å². The molecule has 0 fully saturated rings. The lowest BCUT2D eigenvalue weighted by Crippen LogP contribution is -2.12. The van der Waals surface area contributed by atoms with E-state index in [2.05, 4.69) is 20.8 Å². The van der Waals surface area contributed by atoms with Crippen LogP contribution in [0.2, 0.25) is 0 Å². The number of hydrogen-bond donors (Lipinski definition) is 1. The Morgan fingerprint density at radius 1 is 1.19 bits per heavy atom. The first-order valence-corrected chi connectivity index (χ1v) is 8.25. The Balaban J connectivity index is 1.66. The number of rotatable bonds is 6. The van der Waals surface area contributed by atoms with Crippen molar-refractivity contribution in [1.82, 2.24) is 20.2 Å². The Morgan fingerprint density at radius 3 is 2.70 bits per heavy atom. The summed E-state index contributed by atoms with van der Waals surface area (Å²) >= 11 is 0. The Kier molecular flexibility index (Phi) is 5.68. The molecule has 0 spiro atoms. The Bertz CT molecular complexity index is 950. The monoisotopic (exact) mass is 363 g/mol. The van der Waals surface area contributed by atoms with Crippen molar-refractivity contribution in [3.8, 4) is 5.69 Å². The van der Waals surface area contributed by atoms with E-state index in [4.69, 9.17) is 4.74 Å². The molecule has 0 saturated carbocycles. The third kappa shape index (κ3) is 4.85. The molecule has 0 aliphatic carbocycles. The highest BCUT2D eigenvalue weighted by Crippen LogP contribution is 2.14. The molecule has 0 radical (unpaired) electrons. The summed E-state index contributed by atoms with van der Waals surface area (Å²) < 4.78 is 6.30. The maximum atomic E-state index is 12.5. The van der Waals surface area contributed by atoms with Crippen molar-refractivity contribution in [2.24, 2.45) is 0 Å². The highest BCUT2D eigenvalue weighted by Gasteiger charge is 2.08. The minimum absolute atomic E-state index is 0.250. The van der Waals surface area contributed by atoms with Gasteiger partial charge in [0.1, 0.15) is 6.33 Å². The quantitative estimate of drug-likeness (QED) is 0.534. The lowest BCUT2D eigenvalue weighted by molar-refractivity contribution is -0.137. The third-order valence-electron chi connectivity index (χ3n) is 3.59. The summed E-state index contributed by atoms with van der Waals surface area (Å²) in [4.78, 5) is 23.8. The number of benzene rings is 2. The van der Waals surface area contributed by atoms with Gasteiger partial charge in [0.25, 0.3) is 5.91 Å². The molecule has 8 nitrogen and oxygen atoms in total. The van der Waals surface area contributed by atoms with Crippen LogP contribution in [0.4, 0.5) is 5.69 Å². The van der Waals surface area contributed by atoms with E-state index in [9.17, 15) is 9.59 Å². The van der Waals surface area contributed by atoms with E-state index in [0.29, 0.717) is 23.5 Å². The fraction of sp³-hybridized carbons (Fsp3) is 0.105. The minimum Gasteiger partial charge on any atom is -0.463 e. The van der Waals surface area contributed by atoms with Crippen molar-refractivity contribution >= 4 is 23.6 Å². The highest BCUT2D eigenvalue weighted by molar-refractivity contribution is 6.04. The number of hydrogen-bond acceptors (Lipinski definition) is 6. The van der Waals surface area contributed by atoms with E-state index in [-0.39, 0.29) is 5.91 Å². The van der Waals surface area contributed by atoms with Crippen LogP contribution in [0, 0.1) is 0 Å². The van der Waals surface area contributed by atoms with Gasteiger partial charge in [-0.3, -0.25) is 4.79 Å². The Morgan fingerprint density at radius 2 is 2.00 bits per heavy atom. The summed E-state index contributed by atoms with van der Waals surface area (Å²) in [5.41, 5.74) is 2.63. The van der Waals surface area contributed by atoms with E-state index in [1.165, 1.54) is 17.1 Å². The van der Waals surface area contributed by atoms with Crippen LogP contribution >= 0.6 is 0 Å². The number of ether oxygens (including phenoxy) is 1. The average molecular weight is 363 g/mol. The molecule has 27 heavy (non-hydrogen) atoms. The van der Waals surface area contributed by atoms with Crippen LogP contribution in [0.15, 0.2) is 60.9 Å². The van der Waals surface area contributed by atoms with Crippen LogP contribution in [0.5, 0.6) is 0 Å². The molecule has 8 heteroatoms. The largest absolute Gasteiger partial charge is 0.463 e. The van der Waals surface area contributed by atoms with E-state index in [1.54, 1.807) is 61.5 Å².